The Balaban J connectivity index is 1.10. The third kappa shape index (κ3) is 6.98. The molecule has 0 unspecified atom stereocenters. The van der Waals surface area contributed by atoms with E-state index in [9.17, 15) is 4.79 Å². The Morgan fingerprint density at radius 3 is 2.42 bits per heavy atom. The normalized spacial score (nSPS) is 13.7. The summed E-state index contributed by atoms with van der Waals surface area (Å²) in [6.07, 6.45) is 14.0. The van der Waals surface area contributed by atoms with E-state index in [2.05, 4.69) is 49.7 Å². The summed E-state index contributed by atoms with van der Waals surface area (Å²) < 4.78 is 7.25. The number of furan rings is 1. The lowest BCUT2D eigenvalue weighted by atomic mass is 10.1. The molecule has 1 amide bonds. The van der Waals surface area contributed by atoms with Gasteiger partial charge < -0.3 is 25.3 Å². The van der Waals surface area contributed by atoms with Gasteiger partial charge in [0.05, 0.1) is 12.8 Å². The maximum Gasteiger partial charge on any atom is 0.222 e. The van der Waals surface area contributed by atoms with Gasteiger partial charge in [0.1, 0.15) is 12.1 Å². The van der Waals surface area contributed by atoms with E-state index in [0.29, 0.717) is 24.8 Å². The topological polar surface area (TPSA) is 118 Å². The average Bonchev–Trinajstić information content (AvgIpc) is 3.70. The number of aromatic nitrogens is 4. The Labute approximate surface area is 235 Å². The van der Waals surface area contributed by atoms with Crippen molar-refractivity contribution in [2.75, 3.05) is 42.9 Å². The number of unbranched alkanes of at least 4 members (excludes halogenated alkanes) is 6. The first-order chi connectivity index (χ1) is 19.7. The maximum atomic E-state index is 12.7. The van der Waals surface area contributed by atoms with Crippen molar-refractivity contribution in [1.29, 1.82) is 0 Å². The fourth-order valence-corrected chi connectivity index (χ4v) is 5.26. The van der Waals surface area contributed by atoms with E-state index in [1.165, 1.54) is 25.7 Å². The SMILES string of the molecule is NCCCCCCCCCC(=O)N1CCN(c2ccc(-c3cnc(NCc4ccco4)n4cnnc34)cc2)CC1. The molecule has 0 aliphatic carbocycles. The Hall–Kier alpha value is -3.92. The highest BCUT2D eigenvalue weighted by atomic mass is 16.3. The van der Waals surface area contributed by atoms with Crippen LogP contribution in [0.5, 0.6) is 0 Å². The third-order valence-corrected chi connectivity index (χ3v) is 7.60. The minimum Gasteiger partial charge on any atom is -0.467 e. The van der Waals surface area contributed by atoms with Crippen LogP contribution in [0.15, 0.2) is 59.6 Å². The lowest BCUT2D eigenvalue weighted by Gasteiger charge is -2.36. The summed E-state index contributed by atoms with van der Waals surface area (Å²) in [5, 5.41) is 11.7. The number of fused-ring (bicyclic) bond motifs is 1. The Morgan fingerprint density at radius 1 is 0.950 bits per heavy atom. The summed E-state index contributed by atoms with van der Waals surface area (Å²) >= 11 is 0. The van der Waals surface area contributed by atoms with Crippen LogP contribution in [-0.4, -0.2) is 63.1 Å². The summed E-state index contributed by atoms with van der Waals surface area (Å²) in [6.45, 7) is 4.55. The Bertz CT molecular complexity index is 1330. The van der Waals surface area contributed by atoms with Gasteiger partial charge in [-0.1, -0.05) is 44.2 Å². The van der Waals surface area contributed by atoms with Crippen molar-refractivity contribution in [2.45, 2.75) is 57.9 Å². The van der Waals surface area contributed by atoms with Gasteiger partial charge in [0, 0.05) is 50.0 Å². The second-order valence-electron chi connectivity index (χ2n) is 10.4. The van der Waals surface area contributed by atoms with Crippen molar-refractivity contribution in [3.63, 3.8) is 0 Å². The lowest BCUT2D eigenvalue weighted by molar-refractivity contribution is -0.131. The molecule has 3 N–H and O–H groups in total. The van der Waals surface area contributed by atoms with Gasteiger partial charge in [0.25, 0.3) is 0 Å². The lowest BCUT2D eigenvalue weighted by Crippen LogP contribution is -2.48. The zero-order chi connectivity index (χ0) is 27.6. The molecule has 1 aliphatic heterocycles. The molecule has 0 saturated carbocycles. The Morgan fingerprint density at radius 2 is 1.70 bits per heavy atom. The maximum absolute atomic E-state index is 12.7. The number of piperazine rings is 1. The molecule has 0 radical (unpaired) electrons. The zero-order valence-corrected chi connectivity index (χ0v) is 23.2. The number of hydrogen-bond donors (Lipinski definition) is 2. The molecule has 5 rings (SSSR count). The monoisotopic (exact) mass is 544 g/mol. The van der Waals surface area contributed by atoms with Crippen LogP contribution in [-0.2, 0) is 11.3 Å². The summed E-state index contributed by atoms with van der Waals surface area (Å²) in [6, 6.07) is 12.3. The molecule has 0 bridgehead atoms. The number of amides is 1. The highest BCUT2D eigenvalue weighted by Crippen LogP contribution is 2.27. The van der Waals surface area contributed by atoms with Gasteiger partial charge in [0.15, 0.2) is 5.65 Å². The average molecular weight is 545 g/mol. The fraction of sp³-hybridized carbons (Fsp3) is 0.467. The van der Waals surface area contributed by atoms with E-state index in [1.807, 2.05) is 27.6 Å². The number of nitrogens with one attached hydrogen (secondary N) is 1. The number of benzene rings is 1. The van der Waals surface area contributed by atoms with Crippen molar-refractivity contribution in [2.24, 2.45) is 5.73 Å². The molecule has 40 heavy (non-hydrogen) atoms. The van der Waals surface area contributed by atoms with E-state index in [1.54, 1.807) is 12.6 Å². The number of rotatable bonds is 14. The van der Waals surface area contributed by atoms with Crippen LogP contribution in [0.4, 0.5) is 11.6 Å². The molecule has 1 fully saturated rings. The van der Waals surface area contributed by atoms with Crippen molar-refractivity contribution in [3.05, 3.63) is 60.9 Å². The molecule has 0 atom stereocenters. The summed E-state index contributed by atoms with van der Waals surface area (Å²) in [5.74, 6) is 1.78. The largest absolute Gasteiger partial charge is 0.467 e. The highest BCUT2D eigenvalue weighted by Gasteiger charge is 2.21. The standard InChI is InChI=1S/C30H40N8O2/c31-15-7-5-3-1-2-4-6-10-28(39)37-18-16-36(17-19-37)25-13-11-24(12-14-25)27-22-33-30(38-23-34-35-29(27)38)32-21-26-9-8-20-40-26/h8-9,11-14,20,22-23H,1-7,10,15-19,21,31H2,(H,32,33). The molecule has 10 heteroatoms. The molecule has 1 aromatic carbocycles. The van der Waals surface area contributed by atoms with Crippen LogP contribution in [0, 0.1) is 0 Å². The number of carbonyl (C=O) groups excluding carboxylic acids is 1. The number of hydrogen-bond acceptors (Lipinski definition) is 8. The van der Waals surface area contributed by atoms with E-state index >= 15 is 0 Å². The van der Waals surface area contributed by atoms with Crippen LogP contribution >= 0.6 is 0 Å². The predicted octanol–water partition coefficient (Wildman–Crippen LogP) is 4.72. The molecule has 10 nitrogen and oxygen atoms in total. The van der Waals surface area contributed by atoms with Gasteiger partial charge in [-0.3, -0.25) is 9.20 Å². The molecule has 212 valence electrons. The summed E-state index contributed by atoms with van der Waals surface area (Å²) in [4.78, 5) is 21.7. The quantitative estimate of drug-likeness (QED) is 0.219. The smallest absolute Gasteiger partial charge is 0.222 e. The molecule has 1 aliphatic rings. The summed E-state index contributed by atoms with van der Waals surface area (Å²) in [5.41, 5.74) is 9.39. The van der Waals surface area contributed by atoms with Crippen molar-refractivity contribution < 1.29 is 9.21 Å². The predicted molar refractivity (Wildman–Crippen MR) is 157 cm³/mol. The van der Waals surface area contributed by atoms with Gasteiger partial charge >= 0.3 is 0 Å². The van der Waals surface area contributed by atoms with Gasteiger partial charge in [-0.2, -0.15) is 0 Å². The van der Waals surface area contributed by atoms with Gasteiger partial charge in [-0.25, -0.2) is 4.98 Å². The number of carbonyl (C=O) groups is 1. The molecule has 3 aromatic heterocycles. The Kier molecular flexibility index (Phi) is 9.63. The van der Waals surface area contributed by atoms with E-state index < -0.39 is 0 Å². The first-order valence-electron chi connectivity index (χ1n) is 14.5. The van der Waals surface area contributed by atoms with E-state index in [0.717, 1.165) is 80.2 Å². The highest BCUT2D eigenvalue weighted by molar-refractivity contribution is 5.79. The minimum atomic E-state index is 0.296. The van der Waals surface area contributed by atoms with E-state index in [4.69, 9.17) is 10.2 Å². The summed E-state index contributed by atoms with van der Waals surface area (Å²) in [7, 11) is 0. The number of nitrogens with zero attached hydrogens (tertiary/aromatic N) is 6. The van der Waals surface area contributed by atoms with Crippen LogP contribution in [0.3, 0.4) is 0 Å². The van der Waals surface area contributed by atoms with Crippen LogP contribution in [0.25, 0.3) is 16.8 Å². The number of anilines is 2. The second kappa shape index (κ2) is 13.9. The van der Waals surface area contributed by atoms with Gasteiger partial charge in [-0.15, -0.1) is 10.2 Å². The first-order valence-corrected chi connectivity index (χ1v) is 14.5. The molecule has 4 aromatic rings. The van der Waals surface area contributed by atoms with Crippen molar-refractivity contribution in [1.82, 2.24) is 24.5 Å². The molecule has 1 saturated heterocycles. The van der Waals surface area contributed by atoms with Gasteiger partial charge in [-0.05, 0) is 49.2 Å². The molecular formula is C30H40N8O2. The fourth-order valence-electron chi connectivity index (χ4n) is 5.26. The van der Waals surface area contributed by atoms with Crippen LogP contribution < -0.4 is 16.0 Å². The van der Waals surface area contributed by atoms with Gasteiger partial charge in [0.2, 0.25) is 11.9 Å². The molecular weight excluding hydrogens is 504 g/mol. The second-order valence-corrected chi connectivity index (χ2v) is 10.4. The zero-order valence-electron chi connectivity index (χ0n) is 23.2. The van der Waals surface area contributed by atoms with Crippen molar-refractivity contribution in [3.8, 4) is 11.1 Å². The first kappa shape index (κ1) is 27.6. The third-order valence-electron chi connectivity index (χ3n) is 7.60. The van der Waals surface area contributed by atoms with Crippen LogP contribution in [0.1, 0.15) is 57.1 Å². The van der Waals surface area contributed by atoms with E-state index in [-0.39, 0.29) is 0 Å². The van der Waals surface area contributed by atoms with Crippen molar-refractivity contribution >= 4 is 23.2 Å². The van der Waals surface area contributed by atoms with Crippen LogP contribution in [0.2, 0.25) is 0 Å². The number of nitrogens with two attached hydrogens (primary N) is 1. The minimum absolute atomic E-state index is 0.296. The molecule has 0 spiro atoms. The molecule has 4 heterocycles.